The van der Waals surface area contributed by atoms with Crippen LogP contribution in [0.1, 0.15) is 66.2 Å². The standard InChI is InChI=1S/C32H45N3O6Si/c1-16-12-18-13-21-31(37)35-20(25(34(21)6)23(18)26(36)27(16)38-7)14-19-24(22(35)15-33)30(40-9)29(39-8)17(2)28(19)41-42(10,11)32(3,4)5/h12,14,21-22,25,36H,13,15,33H2,1-11H3/t21-,22-,25+/m0/s1. The van der Waals surface area contributed by atoms with Crippen LogP contribution in [0.25, 0.3) is 6.08 Å². The maximum absolute atomic E-state index is 14.3. The second-order valence-electron chi connectivity index (χ2n) is 13.2. The summed E-state index contributed by atoms with van der Waals surface area (Å²) in [7, 11) is 4.42. The van der Waals surface area contributed by atoms with E-state index in [0.29, 0.717) is 23.7 Å². The molecule has 228 valence electrons. The van der Waals surface area contributed by atoms with E-state index in [4.69, 9.17) is 24.4 Å². The van der Waals surface area contributed by atoms with Crippen molar-refractivity contribution in [2.24, 2.45) is 5.73 Å². The quantitative estimate of drug-likeness (QED) is 0.439. The van der Waals surface area contributed by atoms with Gasteiger partial charge in [0.05, 0.1) is 39.5 Å². The molecule has 2 aromatic rings. The van der Waals surface area contributed by atoms with Crippen molar-refractivity contribution in [3.8, 4) is 28.7 Å². The van der Waals surface area contributed by atoms with Gasteiger partial charge in [0.15, 0.2) is 23.0 Å². The molecule has 2 bridgehead atoms. The molecule has 1 saturated heterocycles. The molecule has 0 aliphatic carbocycles. The van der Waals surface area contributed by atoms with Gasteiger partial charge >= 0.3 is 0 Å². The van der Waals surface area contributed by atoms with Gasteiger partial charge in [0.1, 0.15) is 5.75 Å². The van der Waals surface area contributed by atoms with Crippen LogP contribution < -0.4 is 24.4 Å². The number of carbonyl (C=O) groups is 1. The average molecular weight is 596 g/mol. The number of hydrogen-bond donors (Lipinski definition) is 2. The first-order valence-electron chi connectivity index (χ1n) is 14.5. The minimum absolute atomic E-state index is 0.0341. The fourth-order valence-corrected chi connectivity index (χ4v) is 7.74. The van der Waals surface area contributed by atoms with Crippen molar-refractivity contribution in [1.29, 1.82) is 0 Å². The van der Waals surface area contributed by atoms with Crippen LogP contribution in [0.5, 0.6) is 28.7 Å². The summed E-state index contributed by atoms with van der Waals surface area (Å²) >= 11 is 0. The van der Waals surface area contributed by atoms with Crippen molar-refractivity contribution in [2.45, 2.75) is 77.3 Å². The molecule has 10 heteroatoms. The van der Waals surface area contributed by atoms with E-state index < -0.39 is 26.4 Å². The molecule has 2 aromatic carbocycles. The fourth-order valence-electron chi connectivity index (χ4n) is 6.66. The van der Waals surface area contributed by atoms with Gasteiger partial charge in [-0.1, -0.05) is 26.8 Å². The molecule has 0 radical (unpaired) electrons. The first-order valence-corrected chi connectivity index (χ1v) is 17.4. The number of rotatable bonds is 6. The zero-order chi connectivity index (χ0) is 31.0. The smallest absolute Gasteiger partial charge is 0.250 e. The normalized spacial score (nSPS) is 21.7. The number of phenols is 1. The second kappa shape index (κ2) is 10.2. The Kier molecular flexibility index (Phi) is 7.35. The zero-order valence-corrected chi connectivity index (χ0v) is 27.8. The highest BCUT2D eigenvalue weighted by Crippen LogP contribution is 2.58. The lowest BCUT2D eigenvalue weighted by Crippen LogP contribution is -2.60. The number of nitrogens with two attached hydrogens (primary N) is 1. The summed E-state index contributed by atoms with van der Waals surface area (Å²) in [6.45, 7) is 15.1. The molecule has 1 fully saturated rings. The highest BCUT2D eigenvalue weighted by Gasteiger charge is 2.53. The Morgan fingerprint density at radius 2 is 1.64 bits per heavy atom. The third kappa shape index (κ3) is 4.13. The first-order chi connectivity index (χ1) is 19.6. The average Bonchev–Trinajstić information content (AvgIpc) is 2.91. The first kappa shape index (κ1) is 30.3. The number of ether oxygens (including phenoxy) is 3. The fraction of sp³-hybridized carbons (Fsp3) is 0.531. The maximum atomic E-state index is 14.3. The molecule has 3 aliphatic rings. The number of amides is 1. The molecule has 3 atom stereocenters. The Bertz CT molecular complexity index is 1490. The van der Waals surface area contributed by atoms with E-state index >= 15 is 0 Å². The van der Waals surface area contributed by atoms with Crippen LogP contribution >= 0.6 is 0 Å². The third-order valence-corrected chi connectivity index (χ3v) is 14.2. The van der Waals surface area contributed by atoms with Crippen LogP contribution in [0.2, 0.25) is 18.1 Å². The SMILES string of the molecule is COc1c(C)cc2c(c1O)[C@H]1C3=Cc4c(O[Si](C)(C)C(C)(C)C)c(C)c(OC)c(OC)c4[C@H](CN)N3C(=O)[C@H](C2)N1C. The van der Waals surface area contributed by atoms with E-state index in [1.165, 1.54) is 0 Å². The number of hydrogen-bond acceptors (Lipinski definition) is 8. The van der Waals surface area contributed by atoms with E-state index in [0.717, 1.165) is 44.8 Å². The number of methoxy groups -OCH3 is 3. The van der Waals surface area contributed by atoms with E-state index in [-0.39, 0.29) is 23.2 Å². The van der Waals surface area contributed by atoms with Crippen molar-refractivity contribution in [3.05, 3.63) is 45.1 Å². The molecule has 42 heavy (non-hydrogen) atoms. The topological polar surface area (TPSA) is 107 Å². The molecule has 3 heterocycles. The lowest BCUT2D eigenvalue weighted by Gasteiger charge is -2.53. The molecular weight excluding hydrogens is 550 g/mol. The van der Waals surface area contributed by atoms with Crippen LogP contribution in [0.4, 0.5) is 0 Å². The monoisotopic (exact) mass is 595 g/mol. The minimum Gasteiger partial charge on any atom is -0.543 e. The number of phenolic OH excluding ortho intramolecular Hbond substituents is 1. The Balaban J connectivity index is 1.87. The predicted molar refractivity (Wildman–Crippen MR) is 166 cm³/mol. The van der Waals surface area contributed by atoms with Crippen molar-refractivity contribution < 1.29 is 28.5 Å². The minimum atomic E-state index is -2.32. The predicted octanol–water partition coefficient (Wildman–Crippen LogP) is 5.21. The van der Waals surface area contributed by atoms with Crippen LogP contribution in [-0.4, -0.2) is 70.1 Å². The molecule has 3 aliphatic heterocycles. The summed E-state index contributed by atoms with van der Waals surface area (Å²) in [6.07, 6.45) is 2.51. The van der Waals surface area contributed by atoms with Crippen molar-refractivity contribution in [2.75, 3.05) is 34.9 Å². The summed E-state index contributed by atoms with van der Waals surface area (Å²) in [4.78, 5) is 18.2. The molecule has 0 saturated carbocycles. The summed E-state index contributed by atoms with van der Waals surface area (Å²) in [6, 6.07) is 0.700. The van der Waals surface area contributed by atoms with Crippen molar-refractivity contribution >= 4 is 20.3 Å². The molecule has 3 N–H and O–H groups in total. The number of likely N-dealkylation sites (N-methyl/N-ethyl adjacent to an activating group) is 1. The lowest BCUT2D eigenvalue weighted by molar-refractivity contribution is -0.143. The van der Waals surface area contributed by atoms with Gasteiger partial charge in [-0.3, -0.25) is 9.69 Å². The Morgan fingerprint density at radius 3 is 2.19 bits per heavy atom. The van der Waals surface area contributed by atoms with Crippen molar-refractivity contribution in [1.82, 2.24) is 9.80 Å². The highest BCUT2D eigenvalue weighted by atomic mass is 28.4. The number of piperazine rings is 1. The molecule has 0 unspecified atom stereocenters. The van der Waals surface area contributed by atoms with Gasteiger partial charge in [-0.2, -0.15) is 0 Å². The molecule has 5 rings (SSSR count). The largest absolute Gasteiger partial charge is 0.543 e. The summed E-state index contributed by atoms with van der Waals surface area (Å²) in [5.74, 6) is 2.36. The van der Waals surface area contributed by atoms with Crippen LogP contribution in [0.15, 0.2) is 11.8 Å². The molecule has 9 nitrogen and oxygen atoms in total. The van der Waals surface area contributed by atoms with E-state index in [9.17, 15) is 9.90 Å². The Labute approximate surface area is 250 Å². The van der Waals surface area contributed by atoms with Crippen LogP contribution in [0, 0.1) is 13.8 Å². The molecule has 0 spiro atoms. The number of carbonyl (C=O) groups excluding carboxylic acids is 1. The zero-order valence-electron chi connectivity index (χ0n) is 26.8. The second-order valence-corrected chi connectivity index (χ2v) is 17.9. The number of fused-ring (bicyclic) bond motifs is 7. The lowest BCUT2D eigenvalue weighted by atomic mass is 9.78. The van der Waals surface area contributed by atoms with E-state index in [1.807, 2.05) is 37.9 Å². The number of nitrogens with zero attached hydrogens (tertiary/aromatic N) is 2. The Hall–Kier alpha value is -3.21. The van der Waals surface area contributed by atoms with Crippen LogP contribution in [0.3, 0.4) is 0 Å². The van der Waals surface area contributed by atoms with Gasteiger partial charge in [0, 0.05) is 34.5 Å². The highest BCUT2D eigenvalue weighted by molar-refractivity contribution is 6.74. The number of benzene rings is 2. The van der Waals surface area contributed by atoms with E-state index in [2.05, 4.69) is 38.8 Å². The van der Waals surface area contributed by atoms with Gasteiger partial charge in [0.25, 0.3) is 8.32 Å². The maximum Gasteiger partial charge on any atom is 0.250 e. The van der Waals surface area contributed by atoms with Gasteiger partial charge < -0.3 is 34.4 Å². The molecule has 1 amide bonds. The Morgan fingerprint density at radius 1 is 1.02 bits per heavy atom. The van der Waals surface area contributed by atoms with Crippen LogP contribution in [-0.2, 0) is 11.2 Å². The van der Waals surface area contributed by atoms with Crippen molar-refractivity contribution in [3.63, 3.8) is 0 Å². The molecular formula is C32H45N3O6Si. The summed E-state index contributed by atoms with van der Waals surface area (Å²) in [5.41, 5.74) is 12.3. The third-order valence-electron chi connectivity index (χ3n) is 9.83. The summed E-state index contributed by atoms with van der Waals surface area (Å²) in [5, 5.41) is 11.5. The van der Waals surface area contributed by atoms with Gasteiger partial charge in [-0.25, -0.2) is 0 Å². The van der Waals surface area contributed by atoms with Gasteiger partial charge in [-0.05, 0) is 62.7 Å². The number of aromatic hydroxyl groups is 1. The van der Waals surface area contributed by atoms with Gasteiger partial charge in [-0.15, -0.1) is 0 Å². The van der Waals surface area contributed by atoms with Gasteiger partial charge in [0.2, 0.25) is 5.91 Å². The number of aryl methyl sites for hydroxylation is 1. The summed E-state index contributed by atoms with van der Waals surface area (Å²) < 4.78 is 24.6. The van der Waals surface area contributed by atoms with E-state index in [1.54, 1.807) is 21.3 Å². The molecule has 0 aromatic heterocycles.